The van der Waals surface area contributed by atoms with Gasteiger partial charge in [0, 0.05) is 42.5 Å². The zero-order valence-electron chi connectivity index (χ0n) is 17.1. The molecule has 29 heavy (non-hydrogen) atoms. The summed E-state index contributed by atoms with van der Waals surface area (Å²) in [6, 6.07) is 4.92. The van der Waals surface area contributed by atoms with E-state index in [9.17, 15) is 9.18 Å². The minimum absolute atomic E-state index is 0.126. The predicted molar refractivity (Wildman–Crippen MR) is 112 cm³/mol. The Morgan fingerprint density at radius 3 is 2.93 bits per heavy atom. The van der Waals surface area contributed by atoms with Crippen LogP contribution in [0, 0.1) is 18.2 Å². The van der Waals surface area contributed by atoms with Crippen molar-refractivity contribution in [2.45, 2.75) is 39.2 Å². The third kappa shape index (κ3) is 4.61. The van der Waals surface area contributed by atoms with Gasteiger partial charge in [0.25, 0.3) is 0 Å². The number of rotatable bonds is 5. The number of carbonyl (C=O) groups excluding carboxylic acids is 1. The summed E-state index contributed by atoms with van der Waals surface area (Å²) in [5.41, 5.74) is 1.67. The fourth-order valence-electron chi connectivity index (χ4n) is 4.72. The molecular formula is C22H28FN3O2S. The first kappa shape index (κ1) is 20.3. The summed E-state index contributed by atoms with van der Waals surface area (Å²) in [6.45, 7) is 6.02. The molecule has 0 radical (unpaired) electrons. The van der Waals surface area contributed by atoms with Crippen LogP contribution in [0.15, 0.2) is 23.6 Å². The maximum Gasteiger partial charge on any atom is 0.228 e. The molecule has 4 rings (SSSR count). The van der Waals surface area contributed by atoms with Gasteiger partial charge in [-0.15, -0.1) is 11.3 Å². The summed E-state index contributed by atoms with van der Waals surface area (Å²) in [5.74, 6) is 0.665. The van der Waals surface area contributed by atoms with E-state index in [0.29, 0.717) is 24.3 Å². The third-order valence-corrected chi connectivity index (χ3v) is 7.00. The lowest BCUT2D eigenvalue weighted by molar-refractivity contribution is -0.130. The molecule has 3 heterocycles. The quantitative estimate of drug-likeness (QED) is 0.745. The van der Waals surface area contributed by atoms with Gasteiger partial charge in [0.2, 0.25) is 5.91 Å². The van der Waals surface area contributed by atoms with Crippen LogP contribution >= 0.6 is 11.3 Å². The van der Waals surface area contributed by atoms with Crippen molar-refractivity contribution in [1.82, 2.24) is 14.8 Å². The number of nitrogens with zero attached hydrogens (tertiary/aromatic N) is 3. The monoisotopic (exact) mass is 417 g/mol. The largest absolute Gasteiger partial charge is 0.497 e. The molecule has 0 bridgehead atoms. The molecule has 7 heteroatoms. The number of aromatic nitrogens is 1. The Balaban J connectivity index is 1.38. The van der Waals surface area contributed by atoms with Crippen molar-refractivity contribution in [3.8, 4) is 5.75 Å². The van der Waals surface area contributed by atoms with Gasteiger partial charge in [-0.3, -0.25) is 9.69 Å². The van der Waals surface area contributed by atoms with Crippen LogP contribution in [-0.4, -0.2) is 54.0 Å². The first-order chi connectivity index (χ1) is 14.0. The van der Waals surface area contributed by atoms with E-state index in [1.165, 1.54) is 6.07 Å². The van der Waals surface area contributed by atoms with Crippen LogP contribution in [0.4, 0.5) is 4.39 Å². The van der Waals surface area contributed by atoms with Crippen molar-refractivity contribution >= 4 is 17.2 Å². The highest BCUT2D eigenvalue weighted by molar-refractivity contribution is 7.09. The Morgan fingerprint density at radius 1 is 1.31 bits per heavy atom. The lowest BCUT2D eigenvalue weighted by Crippen LogP contribution is -2.45. The van der Waals surface area contributed by atoms with Gasteiger partial charge in [-0.1, -0.05) is 0 Å². The van der Waals surface area contributed by atoms with Crippen molar-refractivity contribution in [2.24, 2.45) is 5.41 Å². The summed E-state index contributed by atoms with van der Waals surface area (Å²) in [4.78, 5) is 21.5. The van der Waals surface area contributed by atoms with Crippen molar-refractivity contribution in [3.63, 3.8) is 0 Å². The van der Waals surface area contributed by atoms with Crippen LogP contribution in [0.2, 0.25) is 0 Å². The lowest BCUT2D eigenvalue weighted by Gasteiger charge is -2.40. The summed E-state index contributed by atoms with van der Waals surface area (Å²) >= 11 is 1.59. The number of amides is 1. The molecule has 1 aromatic carbocycles. The van der Waals surface area contributed by atoms with Crippen LogP contribution in [0.3, 0.4) is 0 Å². The van der Waals surface area contributed by atoms with Gasteiger partial charge >= 0.3 is 0 Å². The average molecular weight is 418 g/mol. The SMILES string of the molecule is COc1ccc(F)c(CN2CCC[C@@]3(CCN(C(=O)Cc4csc(C)n4)C3)C2)c1. The molecule has 0 aliphatic carbocycles. The minimum atomic E-state index is -0.188. The Bertz CT molecular complexity index is 887. The molecule has 0 unspecified atom stereocenters. The number of benzene rings is 1. The number of hydrogen-bond donors (Lipinski definition) is 0. The number of aryl methyl sites for hydroxylation is 1. The Labute approximate surface area is 175 Å². The maximum absolute atomic E-state index is 14.3. The molecule has 1 aromatic heterocycles. The molecule has 5 nitrogen and oxygen atoms in total. The molecule has 1 amide bonds. The molecule has 1 atom stereocenters. The first-order valence-electron chi connectivity index (χ1n) is 10.2. The second kappa shape index (κ2) is 8.40. The highest BCUT2D eigenvalue weighted by Crippen LogP contribution is 2.39. The second-order valence-electron chi connectivity index (χ2n) is 8.37. The van der Waals surface area contributed by atoms with E-state index in [2.05, 4.69) is 9.88 Å². The number of ether oxygens (including phenoxy) is 1. The van der Waals surface area contributed by atoms with E-state index in [1.54, 1.807) is 30.6 Å². The third-order valence-electron chi connectivity index (χ3n) is 6.18. The van der Waals surface area contributed by atoms with Gasteiger partial charge in [-0.2, -0.15) is 0 Å². The van der Waals surface area contributed by atoms with E-state index >= 15 is 0 Å². The van der Waals surface area contributed by atoms with Gasteiger partial charge in [0.05, 0.1) is 24.2 Å². The lowest BCUT2D eigenvalue weighted by atomic mass is 9.79. The van der Waals surface area contributed by atoms with Crippen LogP contribution < -0.4 is 4.74 Å². The summed E-state index contributed by atoms with van der Waals surface area (Å²) in [5, 5.41) is 2.97. The Hall–Kier alpha value is -1.99. The predicted octanol–water partition coefficient (Wildman–Crippen LogP) is 3.66. The molecule has 2 fully saturated rings. The second-order valence-corrected chi connectivity index (χ2v) is 9.43. The van der Waals surface area contributed by atoms with E-state index < -0.39 is 0 Å². The van der Waals surface area contributed by atoms with Crippen LogP contribution in [0.5, 0.6) is 5.75 Å². The van der Waals surface area contributed by atoms with E-state index in [1.807, 2.05) is 17.2 Å². The van der Waals surface area contributed by atoms with Gasteiger partial charge in [-0.05, 0) is 50.9 Å². The molecule has 2 aliphatic rings. The topological polar surface area (TPSA) is 45.7 Å². The summed E-state index contributed by atoms with van der Waals surface area (Å²) in [6.07, 6.45) is 3.62. The van der Waals surface area contributed by atoms with E-state index in [4.69, 9.17) is 4.74 Å². The van der Waals surface area contributed by atoms with Gasteiger partial charge in [0.15, 0.2) is 0 Å². The fourth-order valence-corrected chi connectivity index (χ4v) is 5.34. The molecule has 0 saturated carbocycles. The normalized spacial score (nSPS) is 22.4. The number of methoxy groups -OCH3 is 1. The van der Waals surface area contributed by atoms with Crippen molar-refractivity contribution < 1.29 is 13.9 Å². The number of halogens is 1. The molecular weight excluding hydrogens is 389 g/mol. The molecule has 2 aliphatic heterocycles. The number of piperidine rings is 1. The minimum Gasteiger partial charge on any atom is -0.497 e. The standard InChI is InChI=1S/C22H28FN3O2S/c1-16-24-18(13-29-16)11-21(27)26-9-7-22(15-26)6-3-8-25(14-22)12-17-10-19(28-2)4-5-20(17)23/h4-5,10,13H,3,6-9,11-12,14-15H2,1-2H3/t22-/m1/s1. The summed E-state index contributed by atoms with van der Waals surface area (Å²) in [7, 11) is 1.60. The van der Waals surface area contributed by atoms with Gasteiger partial charge in [0.1, 0.15) is 11.6 Å². The van der Waals surface area contributed by atoms with Crippen LogP contribution in [-0.2, 0) is 17.8 Å². The number of carbonyl (C=O) groups is 1. The molecule has 2 saturated heterocycles. The smallest absolute Gasteiger partial charge is 0.228 e. The molecule has 1 spiro atoms. The van der Waals surface area contributed by atoms with E-state index in [0.717, 1.165) is 56.1 Å². The van der Waals surface area contributed by atoms with Gasteiger partial charge < -0.3 is 9.64 Å². The van der Waals surface area contributed by atoms with Crippen molar-refractivity contribution in [1.29, 1.82) is 0 Å². The molecule has 156 valence electrons. The first-order valence-corrected chi connectivity index (χ1v) is 11.1. The number of likely N-dealkylation sites (tertiary alicyclic amines) is 2. The van der Waals surface area contributed by atoms with Crippen molar-refractivity contribution in [2.75, 3.05) is 33.3 Å². The van der Waals surface area contributed by atoms with Gasteiger partial charge in [-0.25, -0.2) is 9.37 Å². The maximum atomic E-state index is 14.3. The van der Waals surface area contributed by atoms with Crippen LogP contribution in [0.25, 0.3) is 0 Å². The number of hydrogen-bond acceptors (Lipinski definition) is 5. The fraction of sp³-hybridized carbons (Fsp3) is 0.545. The van der Waals surface area contributed by atoms with Crippen molar-refractivity contribution in [3.05, 3.63) is 45.7 Å². The Morgan fingerprint density at radius 2 is 2.17 bits per heavy atom. The summed E-state index contributed by atoms with van der Waals surface area (Å²) < 4.78 is 19.5. The highest BCUT2D eigenvalue weighted by Gasteiger charge is 2.42. The average Bonchev–Trinajstić information content (AvgIpc) is 3.30. The Kier molecular flexibility index (Phi) is 5.88. The van der Waals surface area contributed by atoms with E-state index in [-0.39, 0.29) is 17.1 Å². The number of thiazole rings is 1. The highest BCUT2D eigenvalue weighted by atomic mass is 32.1. The molecule has 2 aromatic rings. The molecule has 0 N–H and O–H groups in total. The zero-order chi connectivity index (χ0) is 20.4. The van der Waals surface area contributed by atoms with Crippen LogP contribution in [0.1, 0.15) is 35.5 Å². The zero-order valence-corrected chi connectivity index (χ0v) is 17.9.